The lowest BCUT2D eigenvalue weighted by Gasteiger charge is -2.37. The van der Waals surface area contributed by atoms with E-state index < -0.39 is 0 Å². The zero-order valence-electron chi connectivity index (χ0n) is 17.1. The molecule has 0 bridgehead atoms. The zero-order valence-corrected chi connectivity index (χ0v) is 19.5. The van der Waals surface area contributed by atoms with Gasteiger partial charge < -0.3 is 9.47 Å². The number of carbonyl (C=O) groups is 1. The molecule has 29 heavy (non-hydrogen) atoms. The lowest BCUT2D eigenvalue weighted by Crippen LogP contribution is -2.27. The van der Waals surface area contributed by atoms with Gasteiger partial charge in [0, 0.05) is 24.0 Å². The van der Waals surface area contributed by atoms with Crippen molar-refractivity contribution in [2.45, 2.75) is 44.1 Å². The van der Waals surface area contributed by atoms with Gasteiger partial charge in [-0.25, -0.2) is 0 Å². The minimum absolute atomic E-state index is 0.0400. The predicted molar refractivity (Wildman–Crippen MR) is 125 cm³/mol. The Bertz CT molecular complexity index is 902. The molecule has 3 rings (SSSR count). The molecular formula is C23H26O3S3. The molecule has 0 saturated carbocycles. The van der Waals surface area contributed by atoms with E-state index in [2.05, 4.69) is 31.8 Å². The molecule has 2 aromatic rings. The molecule has 6 heteroatoms. The maximum Gasteiger partial charge on any atom is 0.311 e. The van der Waals surface area contributed by atoms with E-state index in [9.17, 15) is 4.79 Å². The molecular weight excluding hydrogens is 420 g/mol. The molecule has 0 fully saturated rings. The molecule has 0 radical (unpaired) electrons. The van der Waals surface area contributed by atoms with Crippen molar-refractivity contribution in [1.82, 2.24) is 0 Å². The van der Waals surface area contributed by atoms with E-state index in [0.717, 1.165) is 47.1 Å². The second-order valence-corrected chi connectivity index (χ2v) is 11.0. The van der Waals surface area contributed by atoms with Crippen LogP contribution in [0.25, 0.3) is 0 Å². The van der Waals surface area contributed by atoms with Crippen molar-refractivity contribution in [1.29, 1.82) is 0 Å². The van der Waals surface area contributed by atoms with Gasteiger partial charge in [0.2, 0.25) is 0 Å². The molecule has 0 amide bonds. The predicted octanol–water partition coefficient (Wildman–Crippen LogP) is 6.29. The van der Waals surface area contributed by atoms with Gasteiger partial charge in [0.25, 0.3) is 0 Å². The highest BCUT2D eigenvalue weighted by molar-refractivity contribution is 8.17. The van der Waals surface area contributed by atoms with Crippen molar-refractivity contribution in [3.63, 3.8) is 0 Å². The number of hydrogen-bond acceptors (Lipinski definition) is 6. The van der Waals surface area contributed by atoms with E-state index in [-0.39, 0.29) is 10.0 Å². The van der Waals surface area contributed by atoms with Gasteiger partial charge >= 0.3 is 5.97 Å². The number of fused-ring (bicyclic) bond motifs is 1. The van der Waals surface area contributed by atoms with E-state index in [4.69, 9.17) is 9.47 Å². The molecule has 3 nitrogen and oxygen atoms in total. The third kappa shape index (κ3) is 5.53. The molecule has 0 atom stereocenters. The van der Waals surface area contributed by atoms with Crippen molar-refractivity contribution in [3.8, 4) is 22.7 Å². The summed E-state index contributed by atoms with van der Waals surface area (Å²) in [5, 5.41) is 0.601. The van der Waals surface area contributed by atoms with Gasteiger partial charge in [0.1, 0.15) is 5.75 Å². The third-order valence-corrected chi connectivity index (χ3v) is 8.36. The number of hydrogen-bond donors (Lipinski definition) is 0. The second kappa shape index (κ2) is 10.5. The number of thioether (sulfide) groups is 2. The number of ether oxygens (including phenoxy) is 2. The van der Waals surface area contributed by atoms with Crippen molar-refractivity contribution in [3.05, 3.63) is 46.3 Å². The standard InChI is InChI=1S/C23H26O3S3/c1-4-7-21(24)26-22-13-11-18(29-22)10-8-17-9-12-20-19(16-17)23(27-5-2,28-6-3)14-15-25-20/h9,11-13,16H,4-7,14-15H2,1-3H3. The molecule has 1 aliphatic heterocycles. The summed E-state index contributed by atoms with van der Waals surface area (Å²) in [5.74, 6) is 9.40. The van der Waals surface area contributed by atoms with Crippen LogP contribution < -0.4 is 9.47 Å². The number of thiophene rings is 1. The zero-order chi connectivity index (χ0) is 20.7. The van der Waals surface area contributed by atoms with E-state index in [1.165, 1.54) is 16.9 Å². The van der Waals surface area contributed by atoms with Crippen molar-refractivity contribution in [2.75, 3.05) is 18.1 Å². The number of rotatable bonds is 7. The lowest BCUT2D eigenvalue weighted by molar-refractivity contribution is -0.134. The summed E-state index contributed by atoms with van der Waals surface area (Å²) in [6, 6.07) is 9.96. The van der Waals surface area contributed by atoms with Crippen LogP contribution in [0.4, 0.5) is 0 Å². The van der Waals surface area contributed by atoms with Gasteiger partial charge in [0.15, 0.2) is 5.06 Å². The Morgan fingerprint density at radius 3 is 2.69 bits per heavy atom. The van der Waals surface area contributed by atoms with Gasteiger partial charge in [-0.2, -0.15) is 0 Å². The Kier molecular flexibility index (Phi) is 7.99. The van der Waals surface area contributed by atoms with Gasteiger partial charge in [-0.05, 0) is 48.3 Å². The minimum Gasteiger partial charge on any atom is -0.493 e. The van der Waals surface area contributed by atoms with E-state index in [0.29, 0.717) is 11.5 Å². The Morgan fingerprint density at radius 1 is 1.17 bits per heavy atom. The first-order chi connectivity index (χ1) is 14.1. The summed E-state index contributed by atoms with van der Waals surface area (Å²) >= 11 is 5.38. The van der Waals surface area contributed by atoms with Gasteiger partial charge in [0.05, 0.1) is 15.6 Å². The van der Waals surface area contributed by atoms with Crippen LogP contribution in [0.1, 0.15) is 56.0 Å². The molecule has 0 saturated heterocycles. The van der Waals surface area contributed by atoms with Crippen molar-refractivity contribution >= 4 is 40.8 Å². The first kappa shape index (κ1) is 22.1. The summed E-state index contributed by atoms with van der Waals surface area (Å²) < 4.78 is 11.3. The second-order valence-electron chi connectivity index (χ2n) is 6.52. The molecule has 0 spiro atoms. The quantitative estimate of drug-likeness (QED) is 0.283. The monoisotopic (exact) mass is 446 g/mol. The van der Waals surface area contributed by atoms with Gasteiger partial charge in [-0.3, -0.25) is 4.79 Å². The average molecular weight is 447 g/mol. The first-order valence-corrected chi connectivity index (χ1v) is 12.8. The number of benzene rings is 1. The Balaban J connectivity index is 1.82. The van der Waals surface area contributed by atoms with Crippen molar-refractivity contribution < 1.29 is 14.3 Å². The van der Waals surface area contributed by atoms with Gasteiger partial charge in [-0.1, -0.05) is 43.9 Å². The van der Waals surface area contributed by atoms with Gasteiger partial charge in [-0.15, -0.1) is 23.5 Å². The molecule has 0 N–H and O–H groups in total. The van der Waals surface area contributed by atoms with Crippen LogP contribution in [-0.2, 0) is 8.87 Å². The molecule has 0 unspecified atom stereocenters. The topological polar surface area (TPSA) is 35.5 Å². The fourth-order valence-corrected chi connectivity index (χ4v) is 7.00. The number of esters is 1. The molecule has 1 aromatic carbocycles. The summed E-state index contributed by atoms with van der Waals surface area (Å²) in [5.41, 5.74) is 2.22. The highest BCUT2D eigenvalue weighted by atomic mass is 32.2. The fourth-order valence-electron chi connectivity index (χ4n) is 3.21. The lowest BCUT2D eigenvalue weighted by atomic mass is 10.0. The SMILES string of the molecule is CCCC(=O)Oc1ccc(C#Cc2ccc3c(c2)C(SCC)(SCC)CCO3)s1. The Hall–Kier alpha value is -1.55. The van der Waals surface area contributed by atoms with Crippen LogP contribution >= 0.6 is 34.9 Å². The van der Waals surface area contributed by atoms with Crippen molar-refractivity contribution in [2.24, 2.45) is 0 Å². The van der Waals surface area contributed by atoms with E-state index in [1.54, 1.807) is 0 Å². The normalized spacial score (nSPS) is 14.3. The maximum absolute atomic E-state index is 11.6. The number of carbonyl (C=O) groups excluding carboxylic acids is 1. The maximum atomic E-state index is 11.6. The Labute approximate surface area is 186 Å². The fraction of sp³-hybridized carbons (Fsp3) is 0.435. The highest BCUT2D eigenvalue weighted by Gasteiger charge is 2.38. The summed E-state index contributed by atoms with van der Waals surface area (Å²) in [7, 11) is 0. The van der Waals surface area contributed by atoms with Crippen LogP contribution in [0.3, 0.4) is 0 Å². The summed E-state index contributed by atoms with van der Waals surface area (Å²) in [6.07, 6.45) is 2.22. The van der Waals surface area contributed by atoms with Crippen LogP contribution in [0, 0.1) is 11.8 Å². The summed E-state index contributed by atoms with van der Waals surface area (Å²) in [6.45, 7) is 7.14. The third-order valence-electron chi connectivity index (χ3n) is 4.41. The molecule has 0 aliphatic carbocycles. The van der Waals surface area contributed by atoms with Crippen LogP contribution in [0.2, 0.25) is 0 Å². The summed E-state index contributed by atoms with van der Waals surface area (Å²) in [4.78, 5) is 12.5. The van der Waals surface area contributed by atoms with Crippen LogP contribution in [0.15, 0.2) is 30.3 Å². The molecule has 1 aromatic heterocycles. The molecule has 2 heterocycles. The molecule has 154 valence electrons. The molecule has 1 aliphatic rings. The average Bonchev–Trinajstić information content (AvgIpc) is 3.14. The Morgan fingerprint density at radius 2 is 1.97 bits per heavy atom. The van der Waals surface area contributed by atoms with E-state index >= 15 is 0 Å². The van der Waals surface area contributed by atoms with Crippen LogP contribution in [0.5, 0.6) is 10.8 Å². The minimum atomic E-state index is -0.193. The largest absolute Gasteiger partial charge is 0.493 e. The smallest absolute Gasteiger partial charge is 0.311 e. The van der Waals surface area contributed by atoms with Crippen LogP contribution in [-0.4, -0.2) is 24.1 Å². The first-order valence-electron chi connectivity index (χ1n) is 9.98. The van der Waals surface area contributed by atoms with E-state index in [1.807, 2.05) is 54.7 Å². The highest BCUT2D eigenvalue weighted by Crippen LogP contribution is 2.54.